The maximum absolute atomic E-state index is 12.2. The molecule has 2 heterocycles. The number of imide groups is 1. The quantitative estimate of drug-likeness (QED) is 0.842. The van der Waals surface area contributed by atoms with Gasteiger partial charge in [-0.15, -0.1) is 0 Å². The van der Waals surface area contributed by atoms with Crippen molar-refractivity contribution in [2.24, 2.45) is 0 Å². The summed E-state index contributed by atoms with van der Waals surface area (Å²) in [6.45, 7) is 2.74. The molecule has 20 heavy (non-hydrogen) atoms. The van der Waals surface area contributed by atoms with Crippen LogP contribution in [0.5, 0.6) is 0 Å². The second-order valence-corrected chi connectivity index (χ2v) is 5.87. The highest BCUT2D eigenvalue weighted by atomic mass is 32.2. The van der Waals surface area contributed by atoms with E-state index in [1.54, 1.807) is 6.92 Å². The number of imidazole rings is 1. The number of fused-ring (bicyclic) bond motifs is 1. The number of urea groups is 1. The van der Waals surface area contributed by atoms with E-state index >= 15 is 0 Å². The number of rotatable bonds is 3. The van der Waals surface area contributed by atoms with E-state index in [-0.39, 0.29) is 17.2 Å². The molecule has 1 saturated heterocycles. The monoisotopic (exact) mass is 290 g/mol. The molecule has 0 aliphatic carbocycles. The summed E-state index contributed by atoms with van der Waals surface area (Å²) in [5.41, 5.74) is 1.81. The zero-order chi connectivity index (χ0) is 14.1. The molecular weight excluding hydrogens is 276 g/mol. The van der Waals surface area contributed by atoms with Gasteiger partial charge >= 0.3 is 6.03 Å². The maximum atomic E-state index is 12.2. The molecule has 1 unspecified atom stereocenters. The largest absolute Gasteiger partial charge is 0.336 e. The summed E-state index contributed by atoms with van der Waals surface area (Å²) in [7, 11) is 0. The summed E-state index contributed by atoms with van der Waals surface area (Å²) in [6, 6.07) is 7.38. The Balaban J connectivity index is 1.73. The first kappa shape index (κ1) is 13.0. The van der Waals surface area contributed by atoms with Crippen LogP contribution in [-0.2, 0) is 4.79 Å². The van der Waals surface area contributed by atoms with Gasteiger partial charge in [-0.05, 0) is 19.1 Å². The van der Waals surface area contributed by atoms with E-state index in [9.17, 15) is 9.59 Å². The fourth-order valence-corrected chi connectivity index (χ4v) is 2.99. The van der Waals surface area contributed by atoms with Crippen molar-refractivity contribution in [2.75, 3.05) is 13.1 Å². The van der Waals surface area contributed by atoms with Crippen molar-refractivity contribution < 1.29 is 9.59 Å². The molecule has 1 aromatic heterocycles. The first-order valence-electron chi connectivity index (χ1n) is 6.36. The zero-order valence-electron chi connectivity index (χ0n) is 10.9. The van der Waals surface area contributed by atoms with E-state index in [1.165, 1.54) is 16.7 Å². The number of benzene rings is 1. The lowest BCUT2D eigenvalue weighted by Crippen LogP contribution is -2.38. The minimum Gasteiger partial charge on any atom is -0.336 e. The van der Waals surface area contributed by atoms with Gasteiger partial charge < -0.3 is 10.3 Å². The molecule has 7 heteroatoms. The number of thioether (sulfide) groups is 1. The predicted molar refractivity (Wildman–Crippen MR) is 76.5 cm³/mol. The van der Waals surface area contributed by atoms with Crippen LogP contribution >= 0.6 is 11.8 Å². The third kappa shape index (κ3) is 2.36. The van der Waals surface area contributed by atoms with Crippen molar-refractivity contribution in [3.8, 4) is 0 Å². The molecule has 1 atom stereocenters. The number of hydrogen-bond donors (Lipinski definition) is 2. The number of H-pyrrole nitrogens is 1. The smallest absolute Gasteiger partial charge is 0.324 e. The number of hydrogen-bond acceptors (Lipinski definition) is 4. The van der Waals surface area contributed by atoms with Crippen LogP contribution in [0.4, 0.5) is 4.79 Å². The molecule has 3 amide bonds. The number of aromatic amines is 1. The van der Waals surface area contributed by atoms with Gasteiger partial charge in [-0.3, -0.25) is 9.69 Å². The highest BCUT2D eigenvalue weighted by Crippen LogP contribution is 2.24. The normalized spacial score (nSPS) is 16.4. The predicted octanol–water partition coefficient (Wildman–Crippen LogP) is 1.60. The fourth-order valence-electron chi connectivity index (χ4n) is 2.10. The number of aromatic nitrogens is 2. The number of amides is 3. The molecule has 104 valence electrons. The third-order valence-corrected chi connectivity index (χ3v) is 4.10. The highest BCUT2D eigenvalue weighted by Gasteiger charge is 2.30. The number of para-hydroxylation sites is 2. The number of nitrogens with one attached hydrogen (secondary N) is 2. The Morgan fingerprint density at radius 1 is 1.45 bits per heavy atom. The van der Waals surface area contributed by atoms with E-state index in [4.69, 9.17) is 0 Å². The number of nitrogens with zero attached hydrogens (tertiary/aromatic N) is 2. The Hall–Kier alpha value is -2.02. The average molecular weight is 290 g/mol. The van der Waals surface area contributed by atoms with Gasteiger partial charge in [0.15, 0.2) is 5.16 Å². The molecule has 6 nitrogen and oxygen atoms in total. The zero-order valence-corrected chi connectivity index (χ0v) is 11.7. The first-order chi connectivity index (χ1) is 9.65. The molecule has 0 radical (unpaired) electrons. The van der Waals surface area contributed by atoms with Gasteiger partial charge in [0, 0.05) is 13.1 Å². The number of carbonyl (C=O) groups excluding carboxylic acids is 2. The Labute approximate surface area is 119 Å². The molecule has 1 fully saturated rings. The Morgan fingerprint density at radius 3 is 2.95 bits per heavy atom. The minimum atomic E-state index is -0.362. The van der Waals surface area contributed by atoms with Gasteiger partial charge in [-0.1, -0.05) is 23.9 Å². The maximum Gasteiger partial charge on any atom is 0.324 e. The molecule has 3 rings (SSSR count). The van der Waals surface area contributed by atoms with Crippen LogP contribution in [0.2, 0.25) is 0 Å². The van der Waals surface area contributed by atoms with Gasteiger partial charge in [0.2, 0.25) is 5.91 Å². The summed E-state index contributed by atoms with van der Waals surface area (Å²) in [4.78, 5) is 32.5. The summed E-state index contributed by atoms with van der Waals surface area (Å²) in [5.74, 6) is -0.189. The summed E-state index contributed by atoms with van der Waals surface area (Å²) >= 11 is 1.33. The SMILES string of the molecule is CC(Sc1nc2ccccc2[nH]1)C(=O)N1CCNC1=O. The lowest BCUT2D eigenvalue weighted by molar-refractivity contribution is -0.126. The standard InChI is InChI=1S/C13H14N4O2S/c1-8(11(18)17-7-6-14-13(17)19)20-12-15-9-4-2-3-5-10(9)16-12/h2-5,8H,6-7H2,1H3,(H,14,19)(H,15,16). The molecule has 2 aromatic rings. The lowest BCUT2D eigenvalue weighted by atomic mass is 10.3. The van der Waals surface area contributed by atoms with Gasteiger partial charge in [-0.25, -0.2) is 9.78 Å². The minimum absolute atomic E-state index is 0.189. The molecule has 1 aliphatic heterocycles. The van der Waals surface area contributed by atoms with Crippen LogP contribution in [0.3, 0.4) is 0 Å². The van der Waals surface area contributed by atoms with Crippen molar-refractivity contribution in [1.82, 2.24) is 20.2 Å². The van der Waals surface area contributed by atoms with Crippen LogP contribution in [-0.4, -0.2) is 45.1 Å². The van der Waals surface area contributed by atoms with E-state index in [0.717, 1.165) is 11.0 Å². The van der Waals surface area contributed by atoms with E-state index < -0.39 is 0 Å². The number of carbonyl (C=O) groups is 2. The Bertz CT molecular complexity index is 636. The molecule has 0 spiro atoms. The van der Waals surface area contributed by atoms with Crippen molar-refractivity contribution in [3.05, 3.63) is 24.3 Å². The van der Waals surface area contributed by atoms with Crippen molar-refractivity contribution in [2.45, 2.75) is 17.3 Å². The molecule has 1 aliphatic rings. The molecule has 1 aromatic carbocycles. The van der Waals surface area contributed by atoms with Crippen molar-refractivity contribution >= 4 is 34.7 Å². The second kappa shape index (κ2) is 5.16. The summed E-state index contributed by atoms with van der Waals surface area (Å²) in [6.07, 6.45) is 0. The van der Waals surface area contributed by atoms with Crippen LogP contribution in [0.25, 0.3) is 11.0 Å². The van der Waals surface area contributed by atoms with Crippen molar-refractivity contribution in [3.63, 3.8) is 0 Å². The van der Waals surface area contributed by atoms with Crippen molar-refractivity contribution in [1.29, 1.82) is 0 Å². The van der Waals surface area contributed by atoms with Crippen LogP contribution in [0, 0.1) is 0 Å². The van der Waals surface area contributed by atoms with Crippen LogP contribution < -0.4 is 5.32 Å². The topological polar surface area (TPSA) is 78.1 Å². The summed E-state index contributed by atoms with van der Waals surface area (Å²) in [5, 5.41) is 2.95. The van der Waals surface area contributed by atoms with Crippen LogP contribution in [0.15, 0.2) is 29.4 Å². The highest BCUT2D eigenvalue weighted by molar-refractivity contribution is 8.00. The van der Waals surface area contributed by atoms with Gasteiger partial charge in [-0.2, -0.15) is 0 Å². The van der Waals surface area contributed by atoms with E-state index in [1.807, 2.05) is 24.3 Å². The fraction of sp³-hybridized carbons (Fsp3) is 0.308. The van der Waals surface area contributed by atoms with Gasteiger partial charge in [0.05, 0.1) is 16.3 Å². The second-order valence-electron chi connectivity index (χ2n) is 4.54. The Morgan fingerprint density at radius 2 is 2.25 bits per heavy atom. The summed E-state index contributed by atoms with van der Waals surface area (Å²) < 4.78 is 0. The Kier molecular flexibility index (Phi) is 3.35. The van der Waals surface area contributed by atoms with E-state index in [0.29, 0.717) is 18.2 Å². The van der Waals surface area contributed by atoms with Gasteiger partial charge in [0.25, 0.3) is 0 Å². The van der Waals surface area contributed by atoms with E-state index in [2.05, 4.69) is 15.3 Å². The van der Waals surface area contributed by atoms with Gasteiger partial charge in [0.1, 0.15) is 0 Å². The lowest BCUT2D eigenvalue weighted by Gasteiger charge is -2.16. The van der Waals surface area contributed by atoms with Crippen LogP contribution in [0.1, 0.15) is 6.92 Å². The first-order valence-corrected chi connectivity index (χ1v) is 7.24. The molecule has 2 N–H and O–H groups in total. The molecular formula is C13H14N4O2S. The molecule has 0 saturated carbocycles. The molecule has 0 bridgehead atoms. The average Bonchev–Trinajstić information content (AvgIpc) is 3.03. The third-order valence-electron chi connectivity index (χ3n) is 3.13.